The van der Waals surface area contributed by atoms with Crippen molar-refractivity contribution in [3.63, 3.8) is 0 Å². The van der Waals surface area contributed by atoms with Crippen molar-refractivity contribution in [2.45, 2.75) is 63.1 Å². The normalized spacial score (nSPS) is 32.7. The molecule has 2 fully saturated rings. The molecule has 0 bridgehead atoms. The number of piperidine rings is 1. The minimum absolute atomic E-state index is 0.186. The molecule has 0 aliphatic carbocycles. The van der Waals surface area contributed by atoms with Crippen LogP contribution in [0.1, 0.15) is 32.6 Å². The molecule has 0 radical (unpaired) electrons. The fourth-order valence-electron chi connectivity index (χ4n) is 3.13. The van der Waals surface area contributed by atoms with Crippen LogP contribution in [0.3, 0.4) is 0 Å². The minimum Gasteiger partial charge on any atom is -0.467 e. The molecule has 5 nitrogen and oxygen atoms in total. The lowest BCUT2D eigenvalue weighted by atomic mass is 9.92. The third-order valence-corrected chi connectivity index (χ3v) is 4.03. The molecule has 21 heavy (non-hydrogen) atoms. The molecular weight excluding hydrogens is 291 g/mol. The second kappa shape index (κ2) is 5.82. The molecule has 0 saturated carbocycles. The average molecular weight is 309 g/mol. The molecule has 2 aliphatic heterocycles. The molecule has 2 aliphatic rings. The van der Waals surface area contributed by atoms with Gasteiger partial charge >= 0.3 is 12.1 Å². The van der Waals surface area contributed by atoms with Gasteiger partial charge < -0.3 is 14.4 Å². The summed E-state index contributed by atoms with van der Waals surface area (Å²) in [5.74, 6) is -1.51. The van der Waals surface area contributed by atoms with E-state index in [1.165, 1.54) is 12.0 Å². The Morgan fingerprint density at radius 3 is 2.57 bits per heavy atom. The first-order valence-electron chi connectivity index (χ1n) is 6.84. The van der Waals surface area contributed by atoms with E-state index in [1.807, 2.05) is 0 Å². The van der Waals surface area contributed by atoms with Gasteiger partial charge in [0.2, 0.25) is 5.91 Å². The van der Waals surface area contributed by atoms with Crippen molar-refractivity contribution in [3.05, 3.63) is 0 Å². The summed E-state index contributed by atoms with van der Waals surface area (Å²) in [7, 11) is 1.23. The Kier molecular flexibility index (Phi) is 4.46. The van der Waals surface area contributed by atoms with Crippen LogP contribution in [0, 0.1) is 0 Å². The molecule has 0 spiro atoms. The molecule has 1 amide bonds. The van der Waals surface area contributed by atoms with Crippen LogP contribution in [0.25, 0.3) is 0 Å². The Bertz CT molecular complexity index is 426. The first-order chi connectivity index (χ1) is 9.73. The molecule has 0 unspecified atom stereocenters. The van der Waals surface area contributed by atoms with Crippen LogP contribution in [-0.4, -0.2) is 54.4 Å². The minimum atomic E-state index is -4.54. The third kappa shape index (κ3) is 3.48. The first kappa shape index (κ1) is 16.1. The summed E-state index contributed by atoms with van der Waals surface area (Å²) in [5, 5.41) is 0. The second-order valence-corrected chi connectivity index (χ2v) is 5.51. The summed E-state index contributed by atoms with van der Waals surface area (Å²) < 4.78 is 47.4. The highest BCUT2D eigenvalue weighted by atomic mass is 19.4. The van der Waals surface area contributed by atoms with Gasteiger partial charge in [-0.3, -0.25) is 4.79 Å². The summed E-state index contributed by atoms with van der Waals surface area (Å²) >= 11 is 0. The zero-order valence-electron chi connectivity index (χ0n) is 11.9. The molecule has 2 heterocycles. The van der Waals surface area contributed by atoms with Gasteiger partial charge in [0.15, 0.2) is 6.10 Å². The molecule has 2 rings (SSSR count). The number of carbonyl (C=O) groups excluding carboxylic acids is 2. The maximum atomic E-state index is 12.4. The van der Waals surface area contributed by atoms with Gasteiger partial charge in [-0.05, 0) is 19.8 Å². The van der Waals surface area contributed by atoms with Crippen LogP contribution in [0.5, 0.6) is 0 Å². The summed E-state index contributed by atoms with van der Waals surface area (Å²) in [4.78, 5) is 24.7. The number of methoxy groups -OCH3 is 1. The maximum Gasteiger partial charge on any atom is 0.397 e. The number of nitrogens with zero attached hydrogens (tertiary/aromatic N) is 1. The van der Waals surface area contributed by atoms with E-state index < -0.39 is 42.7 Å². The highest BCUT2D eigenvalue weighted by Gasteiger charge is 2.49. The number of ether oxygens (including phenoxy) is 2. The number of hydrogen-bond acceptors (Lipinski definition) is 4. The van der Waals surface area contributed by atoms with Crippen molar-refractivity contribution < 1.29 is 32.2 Å². The van der Waals surface area contributed by atoms with E-state index in [1.54, 1.807) is 6.92 Å². The van der Waals surface area contributed by atoms with Gasteiger partial charge in [-0.15, -0.1) is 0 Å². The topological polar surface area (TPSA) is 55.8 Å². The van der Waals surface area contributed by atoms with Crippen molar-refractivity contribution >= 4 is 11.9 Å². The summed E-state index contributed by atoms with van der Waals surface area (Å²) in [6, 6.07) is -0.784. The number of likely N-dealkylation sites (tertiary alicyclic amines) is 1. The monoisotopic (exact) mass is 309 g/mol. The van der Waals surface area contributed by atoms with Gasteiger partial charge in [0.1, 0.15) is 6.42 Å². The van der Waals surface area contributed by atoms with Gasteiger partial charge in [0, 0.05) is 12.5 Å². The maximum absolute atomic E-state index is 12.4. The fraction of sp³-hybridized carbons (Fsp3) is 0.846. The van der Waals surface area contributed by atoms with E-state index in [9.17, 15) is 22.8 Å². The van der Waals surface area contributed by atoms with Crippen LogP contribution >= 0.6 is 0 Å². The zero-order valence-corrected chi connectivity index (χ0v) is 11.9. The standard InChI is InChI=1S/C13H18F3NO4/c1-7-3-4-9-8(5-10(21-9)12(19)20-2)17(7)11(18)6-13(14,15)16/h7-10H,3-6H2,1-2H3/t7-,8-,9-,10+/m1/s1. The molecule has 0 N–H and O–H groups in total. The molecule has 0 aromatic heterocycles. The average Bonchev–Trinajstić information content (AvgIpc) is 2.79. The summed E-state index contributed by atoms with van der Waals surface area (Å²) in [6.45, 7) is 1.72. The Morgan fingerprint density at radius 2 is 2.00 bits per heavy atom. The van der Waals surface area contributed by atoms with Crippen molar-refractivity contribution in [2.24, 2.45) is 0 Å². The summed E-state index contributed by atoms with van der Waals surface area (Å²) in [6.07, 6.45) is -5.87. The molecule has 120 valence electrons. The summed E-state index contributed by atoms with van der Waals surface area (Å²) in [5.41, 5.74) is 0. The SMILES string of the molecule is COC(=O)[C@@H]1C[C@@H]2[C@@H](CC[C@@H](C)N2C(=O)CC(F)(F)F)O1. The molecule has 0 aromatic rings. The smallest absolute Gasteiger partial charge is 0.397 e. The van der Waals surface area contributed by atoms with Gasteiger partial charge in [0.05, 0.1) is 19.3 Å². The highest BCUT2D eigenvalue weighted by molar-refractivity contribution is 5.79. The second-order valence-electron chi connectivity index (χ2n) is 5.51. The third-order valence-electron chi connectivity index (χ3n) is 4.03. The van der Waals surface area contributed by atoms with Crippen molar-refractivity contribution in [1.82, 2.24) is 4.90 Å². The lowest BCUT2D eigenvalue weighted by Crippen LogP contribution is -2.54. The van der Waals surface area contributed by atoms with Gasteiger partial charge in [-0.2, -0.15) is 13.2 Å². The van der Waals surface area contributed by atoms with Crippen molar-refractivity contribution in [3.8, 4) is 0 Å². The molecule has 2 saturated heterocycles. The van der Waals surface area contributed by atoms with Crippen LogP contribution in [0.2, 0.25) is 0 Å². The number of rotatable bonds is 2. The van der Waals surface area contributed by atoms with Crippen molar-refractivity contribution in [1.29, 1.82) is 0 Å². The van der Waals surface area contributed by atoms with E-state index in [-0.39, 0.29) is 12.5 Å². The highest BCUT2D eigenvalue weighted by Crippen LogP contribution is 2.36. The van der Waals surface area contributed by atoms with E-state index in [0.717, 1.165) is 0 Å². The first-order valence-corrected chi connectivity index (χ1v) is 6.84. The van der Waals surface area contributed by atoms with E-state index in [2.05, 4.69) is 4.74 Å². The quantitative estimate of drug-likeness (QED) is 0.728. The molecular formula is C13H18F3NO4. The number of alkyl halides is 3. The number of fused-ring (bicyclic) bond motifs is 1. The fourth-order valence-corrected chi connectivity index (χ4v) is 3.13. The van der Waals surface area contributed by atoms with Crippen LogP contribution in [0.4, 0.5) is 13.2 Å². The lowest BCUT2D eigenvalue weighted by Gasteiger charge is -2.41. The van der Waals surface area contributed by atoms with E-state index >= 15 is 0 Å². The predicted octanol–water partition coefficient (Wildman–Crippen LogP) is 1.65. The Morgan fingerprint density at radius 1 is 1.33 bits per heavy atom. The lowest BCUT2D eigenvalue weighted by molar-refractivity contribution is -0.167. The van der Waals surface area contributed by atoms with E-state index in [4.69, 9.17) is 4.74 Å². The predicted molar refractivity (Wildman–Crippen MR) is 65.3 cm³/mol. The number of halogens is 3. The Labute approximate surface area is 120 Å². The van der Waals surface area contributed by atoms with Crippen LogP contribution in [0.15, 0.2) is 0 Å². The number of esters is 1. The Balaban J connectivity index is 2.12. The zero-order chi connectivity index (χ0) is 15.8. The van der Waals surface area contributed by atoms with Gasteiger partial charge in [-0.1, -0.05) is 0 Å². The van der Waals surface area contributed by atoms with Gasteiger partial charge in [0.25, 0.3) is 0 Å². The molecule has 8 heteroatoms. The molecule has 4 atom stereocenters. The Hall–Kier alpha value is -1.31. The number of amides is 1. The number of carbonyl (C=O) groups is 2. The van der Waals surface area contributed by atoms with Crippen LogP contribution < -0.4 is 0 Å². The number of hydrogen-bond donors (Lipinski definition) is 0. The van der Waals surface area contributed by atoms with E-state index in [0.29, 0.717) is 12.8 Å². The van der Waals surface area contributed by atoms with Gasteiger partial charge in [-0.25, -0.2) is 4.79 Å². The molecule has 0 aromatic carbocycles. The van der Waals surface area contributed by atoms with Crippen LogP contribution in [-0.2, 0) is 19.1 Å². The largest absolute Gasteiger partial charge is 0.467 e. The van der Waals surface area contributed by atoms with Crippen molar-refractivity contribution in [2.75, 3.05) is 7.11 Å².